The molecule has 27 heavy (non-hydrogen) atoms. The summed E-state index contributed by atoms with van der Waals surface area (Å²) in [6, 6.07) is 6.26. The van der Waals surface area contributed by atoms with E-state index in [1.165, 1.54) is 11.3 Å². The summed E-state index contributed by atoms with van der Waals surface area (Å²) >= 11 is 0. The number of aromatic nitrogens is 4. The van der Waals surface area contributed by atoms with Crippen LogP contribution in [0.1, 0.15) is 47.8 Å². The van der Waals surface area contributed by atoms with Crippen LogP contribution in [0.5, 0.6) is 0 Å². The highest BCUT2D eigenvalue weighted by atomic mass is 16.2. The number of aryl methyl sites for hydroxylation is 2. The van der Waals surface area contributed by atoms with Crippen molar-refractivity contribution in [2.75, 3.05) is 13.1 Å². The number of piperidine rings is 1. The van der Waals surface area contributed by atoms with Crippen LogP contribution in [0.2, 0.25) is 0 Å². The number of hydrogen-bond donors (Lipinski definition) is 1. The van der Waals surface area contributed by atoms with Gasteiger partial charge in [-0.3, -0.25) is 9.48 Å². The first-order valence-electron chi connectivity index (χ1n) is 9.73. The molecule has 1 fully saturated rings. The van der Waals surface area contributed by atoms with Crippen molar-refractivity contribution in [3.63, 3.8) is 0 Å². The van der Waals surface area contributed by atoms with Crippen molar-refractivity contribution >= 4 is 16.9 Å². The molecule has 0 aliphatic carbocycles. The molecule has 1 saturated heterocycles. The van der Waals surface area contributed by atoms with Gasteiger partial charge in [0.15, 0.2) is 0 Å². The highest BCUT2D eigenvalue weighted by Crippen LogP contribution is 2.29. The zero-order chi connectivity index (χ0) is 19.0. The minimum atomic E-state index is 0.259. The third kappa shape index (κ3) is 3.48. The van der Waals surface area contributed by atoms with Gasteiger partial charge >= 0.3 is 0 Å². The van der Waals surface area contributed by atoms with Gasteiger partial charge in [0, 0.05) is 55.4 Å². The van der Waals surface area contributed by atoms with Gasteiger partial charge in [0.05, 0.1) is 5.69 Å². The topological polar surface area (TPSA) is 66.8 Å². The largest absolute Gasteiger partial charge is 0.343 e. The third-order valence-corrected chi connectivity index (χ3v) is 5.95. The van der Waals surface area contributed by atoms with Crippen LogP contribution in [0.15, 0.2) is 24.4 Å². The lowest BCUT2D eigenvalue weighted by atomic mass is 9.93. The van der Waals surface area contributed by atoms with Crippen LogP contribution in [0.3, 0.4) is 0 Å². The highest BCUT2D eigenvalue weighted by Gasteiger charge is 2.25. The normalized spacial score (nSPS) is 15.6. The number of nitrogens with zero attached hydrogens (tertiary/aromatic N) is 4. The van der Waals surface area contributed by atoms with E-state index in [1.807, 2.05) is 35.8 Å². The number of fused-ring (bicyclic) bond motifs is 1. The van der Waals surface area contributed by atoms with Crippen LogP contribution in [0.25, 0.3) is 11.0 Å². The molecule has 0 aromatic carbocycles. The molecule has 1 N–H and O–H groups in total. The summed E-state index contributed by atoms with van der Waals surface area (Å²) in [5.74, 6) is 0.737. The van der Waals surface area contributed by atoms with E-state index in [0.717, 1.165) is 54.8 Å². The molecule has 1 aliphatic rings. The average molecular weight is 365 g/mol. The SMILES string of the molecule is Cc1nn(C)c(C)c1CCC(=O)N1CCC(c2cc3cccnc3[nH]2)CC1. The minimum absolute atomic E-state index is 0.259. The molecule has 3 aromatic heterocycles. The Morgan fingerprint density at radius 2 is 2.07 bits per heavy atom. The lowest BCUT2D eigenvalue weighted by Gasteiger charge is -2.31. The highest BCUT2D eigenvalue weighted by molar-refractivity contribution is 5.77. The zero-order valence-corrected chi connectivity index (χ0v) is 16.3. The number of likely N-dealkylation sites (tertiary alicyclic amines) is 1. The van der Waals surface area contributed by atoms with Gasteiger partial charge in [-0.1, -0.05) is 0 Å². The van der Waals surface area contributed by atoms with Gasteiger partial charge in [-0.15, -0.1) is 0 Å². The Bertz CT molecular complexity index is 929. The predicted molar refractivity (Wildman–Crippen MR) is 106 cm³/mol. The quantitative estimate of drug-likeness (QED) is 0.772. The smallest absolute Gasteiger partial charge is 0.222 e. The van der Waals surface area contributed by atoms with Gasteiger partial charge in [-0.25, -0.2) is 4.98 Å². The fourth-order valence-electron chi connectivity index (χ4n) is 4.21. The minimum Gasteiger partial charge on any atom is -0.343 e. The van der Waals surface area contributed by atoms with Crippen molar-refractivity contribution in [3.05, 3.63) is 47.0 Å². The van der Waals surface area contributed by atoms with Gasteiger partial charge < -0.3 is 9.88 Å². The molecule has 0 bridgehead atoms. The fourth-order valence-corrected chi connectivity index (χ4v) is 4.21. The van der Waals surface area contributed by atoms with Crippen molar-refractivity contribution in [2.24, 2.45) is 7.05 Å². The maximum absolute atomic E-state index is 12.7. The van der Waals surface area contributed by atoms with Crippen LogP contribution in [-0.2, 0) is 18.3 Å². The molecule has 3 aromatic rings. The van der Waals surface area contributed by atoms with Crippen LogP contribution in [-0.4, -0.2) is 43.6 Å². The zero-order valence-electron chi connectivity index (χ0n) is 16.3. The molecule has 0 unspecified atom stereocenters. The van der Waals surface area contributed by atoms with Crippen LogP contribution >= 0.6 is 0 Å². The number of hydrogen-bond acceptors (Lipinski definition) is 3. The second-order valence-electron chi connectivity index (χ2n) is 7.59. The van der Waals surface area contributed by atoms with E-state index in [1.54, 1.807) is 0 Å². The van der Waals surface area contributed by atoms with E-state index in [2.05, 4.69) is 34.1 Å². The Morgan fingerprint density at radius 3 is 2.74 bits per heavy atom. The molecule has 1 amide bonds. The van der Waals surface area contributed by atoms with Crippen molar-refractivity contribution in [1.82, 2.24) is 24.6 Å². The lowest BCUT2D eigenvalue weighted by molar-refractivity contribution is -0.132. The Hall–Kier alpha value is -2.63. The molecule has 0 radical (unpaired) electrons. The van der Waals surface area contributed by atoms with E-state index in [4.69, 9.17) is 0 Å². The maximum Gasteiger partial charge on any atom is 0.222 e. The van der Waals surface area contributed by atoms with E-state index in [9.17, 15) is 4.79 Å². The van der Waals surface area contributed by atoms with Gasteiger partial charge in [-0.05, 0) is 56.9 Å². The number of aromatic amines is 1. The van der Waals surface area contributed by atoms with Crippen LogP contribution < -0.4 is 0 Å². The summed E-state index contributed by atoms with van der Waals surface area (Å²) in [4.78, 5) is 22.5. The molecule has 6 heteroatoms. The first kappa shape index (κ1) is 17.8. The van der Waals surface area contributed by atoms with E-state index in [0.29, 0.717) is 12.3 Å². The number of pyridine rings is 1. The van der Waals surface area contributed by atoms with Gasteiger partial charge in [0.1, 0.15) is 5.65 Å². The maximum atomic E-state index is 12.7. The van der Waals surface area contributed by atoms with Gasteiger partial charge in [-0.2, -0.15) is 5.10 Å². The van der Waals surface area contributed by atoms with E-state index in [-0.39, 0.29) is 5.91 Å². The predicted octanol–water partition coefficient (Wildman–Crippen LogP) is 3.25. The molecular formula is C21H27N5O. The Balaban J connectivity index is 1.33. The summed E-state index contributed by atoms with van der Waals surface area (Å²) in [7, 11) is 1.96. The summed E-state index contributed by atoms with van der Waals surface area (Å²) in [6.07, 6.45) is 5.16. The number of carbonyl (C=O) groups excluding carboxylic acids is 1. The van der Waals surface area contributed by atoms with E-state index >= 15 is 0 Å². The number of nitrogens with one attached hydrogen (secondary N) is 1. The second-order valence-corrected chi connectivity index (χ2v) is 7.59. The van der Waals surface area contributed by atoms with Gasteiger partial charge in [0.25, 0.3) is 0 Å². The molecule has 0 atom stereocenters. The molecule has 1 aliphatic heterocycles. The van der Waals surface area contributed by atoms with Crippen molar-refractivity contribution in [2.45, 2.75) is 45.4 Å². The standard InChI is InChI=1S/C21H27N5O/c1-14-18(15(2)25(3)24-14)6-7-20(27)26-11-8-16(9-12-26)19-13-17-5-4-10-22-21(17)23-19/h4-5,10,13,16H,6-9,11-12H2,1-3H3,(H,22,23). The average Bonchev–Trinajstić information content (AvgIpc) is 3.21. The number of carbonyl (C=O) groups is 1. The first-order chi connectivity index (χ1) is 13.0. The van der Waals surface area contributed by atoms with Gasteiger partial charge in [0.2, 0.25) is 5.91 Å². The summed E-state index contributed by atoms with van der Waals surface area (Å²) < 4.78 is 1.90. The molecular weight excluding hydrogens is 338 g/mol. The summed E-state index contributed by atoms with van der Waals surface area (Å²) in [5.41, 5.74) is 5.61. The molecule has 0 saturated carbocycles. The monoisotopic (exact) mass is 365 g/mol. The molecule has 4 heterocycles. The van der Waals surface area contributed by atoms with Crippen molar-refractivity contribution in [1.29, 1.82) is 0 Å². The fraction of sp³-hybridized carbons (Fsp3) is 0.476. The lowest BCUT2D eigenvalue weighted by Crippen LogP contribution is -2.38. The summed E-state index contributed by atoms with van der Waals surface area (Å²) in [5, 5.41) is 5.61. The number of H-pyrrole nitrogens is 1. The second kappa shape index (κ2) is 7.18. The van der Waals surface area contributed by atoms with E-state index < -0.39 is 0 Å². The molecule has 0 spiro atoms. The van der Waals surface area contributed by atoms with Crippen molar-refractivity contribution < 1.29 is 4.79 Å². The molecule has 4 rings (SSSR count). The molecule has 142 valence electrons. The number of amides is 1. The number of rotatable bonds is 4. The van der Waals surface area contributed by atoms with Crippen molar-refractivity contribution in [3.8, 4) is 0 Å². The molecule has 6 nitrogen and oxygen atoms in total. The van der Waals surface area contributed by atoms with Crippen LogP contribution in [0, 0.1) is 13.8 Å². The Kier molecular flexibility index (Phi) is 4.72. The Labute approximate surface area is 159 Å². The third-order valence-electron chi connectivity index (χ3n) is 5.95. The first-order valence-corrected chi connectivity index (χ1v) is 9.73. The van der Waals surface area contributed by atoms with Crippen LogP contribution in [0.4, 0.5) is 0 Å². The Morgan fingerprint density at radius 1 is 1.30 bits per heavy atom. The summed E-state index contributed by atoms with van der Waals surface area (Å²) in [6.45, 7) is 5.75.